The number of benzene rings is 7. The molecule has 11 rings (SSSR count). The number of ether oxygens (including phenoxy) is 3. The fraction of sp³-hybridized carbons (Fsp3) is 0.278. The zero-order valence-corrected chi connectivity index (χ0v) is 54.1. The van der Waals surface area contributed by atoms with Crippen molar-refractivity contribution in [1.29, 1.82) is 0 Å². The van der Waals surface area contributed by atoms with Crippen molar-refractivity contribution in [3.8, 4) is 39.9 Å². The van der Waals surface area contributed by atoms with Gasteiger partial charge in [0.25, 0.3) is 11.8 Å². The number of aromatic nitrogens is 9. The number of carbonyl (C=O) groups is 5. The molecule has 0 spiro atoms. The highest BCUT2D eigenvalue weighted by Gasteiger charge is 2.26. The number of rotatable bonds is 21. The summed E-state index contributed by atoms with van der Waals surface area (Å²) < 4.78 is 17.5. The summed E-state index contributed by atoms with van der Waals surface area (Å²) in [6.07, 6.45) is 1.56. The van der Waals surface area contributed by atoms with E-state index in [-0.39, 0.29) is 47.2 Å². The number of imidazole rings is 3. The summed E-state index contributed by atoms with van der Waals surface area (Å²) in [7, 11) is 0. The van der Waals surface area contributed by atoms with Gasteiger partial charge in [-0.25, -0.2) is 19.6 Å². The van der Waals surface area contributed by atoms with E-state index in [2.05, 4.69) is 50.8 Å². The molecule has 0 aliphatic rings. The van der Waals surface area contributed by atoms with Crippen molar-refractivity contribution < 1.29 is 48.4 Å². The zero-order valence-electron chi connectivity index (χ0n) is 54.1. The van der Waals surface area contributed by atoms with Gasteiger partial charge in [-0.05, 0) is 152 Å². The van der Waals surface area contributed by atoms with Gasteiger partial charge in [-0.1, -0.05) is 67.5 Å². The summed E-state index contributed by atoms with van der Waals surface area (Å²) in [5, 5.41) is 31.6. The molecule has 7 aromatic carbocycles. The highest BCUT2D eigenvalue weighted by molar-refractivity contribution is 6.06. The number of Topliss-reactive ketones (excluding diaryl/α,β-unsaturated/α-hetero) is 3. The van der Waals surface area contributed by atoms with E-state index in [1.165, 1.54) is 0 Å². The number of nitrogens with one attached hydrogen (secondary N) is 5. The Morgan fingerprint density at radius 1 is 0.468 bits per heavy atom. The average Bonchev–Trinajstić information content (AvgIpc) is 2.17. The minimum Gasteiger partial charge on any atom is -0.508 e. The van der Waals surface area contributed by atoms with E-state index >= 15 is 0 Å². The zero-order chi connectivity index (χ0) is 67.3. The monoisotopic (exact) mass is 1270 g/mol. The molecule has 4 heterocycles. The maximum Gasteiger partial charge on any atom is 0.277 e. The third-order valence-corrected chi connectivity index (χ3v) is 14.6. The molecule has 0 aliphatic carbocycles. The van der Waals surface area contributed by atoms with Crippen molar-refractivity contribution >= 4 is 79.3 Å². The number of H-pyrrole nitrogens is 3. The molecule has 9 N–H and O–H groups in total. The lowest BCUT2D eigenvalue weighted by Gasteiger charge is -2.16. The maximum absolute atomic E-state index is 12.7. The molecule has 94 heavy (non-hydrogen) atoms. The van der Waals surface area contributed by atoms with Gasteiger partial charge in [0.1, 0.15) is 23.2 Å². The van der Waals surface area contributed by atoms with Gasteiger partial charge in [0, 0.05) is 72.3 Å². The van der Waals surface area contributed by atoms with Gasteiger partial charge >= 0.3 is 0 Å². The predicted octanol–water partition coefficient (Wildman–Crippen LogP) is 12.8. The molecule has 0 saturated carbocycles. The topological polar surface area (TPSA) is 320 Å². The van der Waals surface area contributed by atoms with E-state index in [1.807, 2.05) is 147 Å². The van der Waals surface area contributed by atoms with Gasteiger partial charge in [0.05, 0.1) is 92.1 Å². The van der Waals surface area contributed by atoms with Crippen LogP contribution in [0.15, 0.2) is 158 Å². The lowest BCUT2D eigenvalue weighted by Crippen LogP contribution is -2.20. The van der Waals surface area contributed by atoms with Crippen molar-refractivity contribution in [2.45, 2.75) is 68.9 Å². The minimum atomic E-state index is -0.465. The molecule has 0 bridgehead atoms. The summed E-state index contributed by atoms with van der Waals surface area (Å²) in [5.74, 6) is 2.00. The molecule has 0 unspecified atom stereocenters. The number of nitrogens with two attached hydrogens (primary N) is 1. The van der Waals surface area contributed by atoms with E-state index in [4.69, 9.17) is 25.1 Å². The van der Waals surface area contributed by atoms with Crippen molar-refractivity contribution in [3.05, 3.63) is 186 Å². The molecule has 22 nitrogen and oxygen atoms in total. The van der Waals surface area contributed by atoms with Crippen molar-refractivity contribution in [2.24, 2.45) is 16.2 Å². The van der Waals surface area contributed by atoms with Crippen molar-refractivity contribution in [3.63, 3.8) is 0 Å². The molecule has 0 atom stereocenters. The first-order valence-corrected chi connectivity index (χ1v) is 30.7. The first-order chi connectivity index (χ1) is 44.8. The van der Waals surface area contributed by atoms with Crippen molar-refractivity contribution in [1.82, 2.24) is 44.9 Å². The Labute approximate surface area is 543 Å². The number of ketones is 3. The predicted molar refractivity (Wildman–Crippen MR) is 364 cm³/mol. The molecular formula is C72H78N12O10. The second-order valence-electron chi connectivity index (χ2n) is 25.3. The smallest absolute Gasteiger partial charge is 0.277 e. The van der Waals surface area contributed by atoms with E-state index in [0.717, 1.165) is 55.6 Å². The normalized spacial score (nSPS) is 11.6. The van der Waals surface area contributed by atoms with Crippen LogP contribution in [0.1, 0.15) is 114 Å². The van der Waals surface area contributed by atoms with Gasteiger partial charge in [0.15, 0.2) is 23.0 Å². The fourth-order valence-electron chi connectivity index (χ4n) is 9.51. The number of phenols is 1. The maximum atomic E-state index is 12.7. The molecule has 0 radical (unpaired) electrons. The van der Waals surface area contributed by atoms with Gasteiger partial charge in [0.2, 0.25) is 0 Å². The Morgan fingerprint density at radius 2 is 0.830 bits per heavy atom. The number of hydrogen-bond donors (Lipinski definition) is 8. The van der Waals surface area contributed by atoms with Crippen molar-refractivity contribution in [2.75, 3.05) is 62.6 Å². The number of amides is 2. The summed E-state index contributed by atoms with van der Waals surface area (Å²) in [5.41, 5.74) is 16.4. The first-order valence-electron chi connectivity index (χ1n) is 30.7. The number of aliphatic hydroxyl groups is 1. The number of aromatic hydroxyl groups is 1. The Morgan fingerprint density at radius 3 is 1.22 bits per heavy atom. The molecule has 0 aliphatic heterocycles. The number of nitrogen functional groups attached to an aromatic ring is 1. The number of nitrogens with zero attached hydrogens (tertiary/aromatic N) is 6. The number of aliphatic hydroxyl groups excluding tert-OH is 1. The number of aromatic amines is 3. The highest BCUT2D eigenvalue weighted by atomic mass is 16.5. The van der Waals surface area contributed by atoms with E-state index in [0.29, 0.717) is 97.2 Å². The van der Waals surface area contributed by atoms with Crippen LogP contribution in [0.25, 0.3) is 67.3 Å². The second-order valence-corrected chi connectivity index (χ2v) is 25.3. The van der Waals surface area contributed by atoms with E-state index in [1.54, 1.807) is 77.6 Å². The van der Waals surface area contributed by atoms with Gasteiger partial charge in [-0.15, -0.1) is 5.10 Å². The van der Waals surface area contributed by atoms with Crippen LogP contribution in [0.5, 0.6) is 5.75 Å². The Bertz CT molecular complexity index is 4430. The lowest BCUT2D eigenvalue weighted by molar-refractivity contribution is 0.00628. The Kier molecular flexibility index (Phi) is 21.5. The van der Waals surface area contributed by atoms with Gasteiger partial charge < -0.3 is 55.7 Å². The number of fused-ring (bicyclic) bond motifs is 3. The third kappa shape index (κ3) is 17.9. The molecule has 486 valence electrons. The van der Waals surface area contributed by atoms with Crippen LogP contribution < -0.4 is 16.4 Å². The highest BCUT2D eigenvalue weighted by Crippen LogP contribution is 2.30. The van der Waals surface area contributed by atoms with E-state index < -0.39 is 16.2 Å². The molecular weight excluding hydrogens is 1190 g/mol. The fourth-order valence-corrected chi connectivity index (χ4v) is 9.51. The third-order valence-electron chi connectivity index (χ3n) is 14.6. The van der Waals surface area contributed by atoms with Crippen LogP contribution in [0.2, 0.25) is 0 Å². The molecule has 11 aromatic rings. The summed E-state index contributed by atoms with van der Waals surface area (Å²) in [6.45, 7) is 20.0. The average molecular weight is 1270 g/mol. The van der Waals surface area contributed by atoms with Crippen LogP contribution >= 0.6 is 0 Å². The summed E-state index contributed by atoms with van der Waals surface area (Å²) in [6, 6.07) is 44.8. The van der Waals surface area contributed by atoms with Gasteiger partial charge in [-0.3, -0.25) is 24.0 Å². The second kappa shape index (κ2) is 29.8. The minimum absolute atomic E-state index is 0.00260. The molecule has 4 aromatic heterocycles. The molecule has 0 fully saturated rings. The van der Waals surface area contributed by atoms with Crippen LogP contribution in [0.4, 0.5) is 17.1 Å². The van der Waals surface area contributed by atoms with Crippen LogP contribution in [-0.2, 0) is 20.8 Å². The number of hydrogen-bond acceptors (Lipinski definition) is 16. The number of carbonyl (C=O) groups excluding carboxylic acids is 5. The van der Waals surface area contributed by atoms with E-state index in [9.17, 15) is 29.1 Å². The lowest BCUT2D eigenvalue weighted by atomic mass is 9.86. The van der Waals surface area contributed by atoms with Gasteiger partial charge in [-0.2, -0.15) is 0 Å². The SMILES string of the molecule is CC(C)(C)C(=O)c1ccc2nc(-c3ccc(NC(=O)c4ccc(N)cc4)cc3)[nH]c2c1.CC(C)(C)C(=O)c1ccc2nc(-c3ccc(NC(=O)c4cn(CCOCCOCCOCCO)nn4)cc3)[nH]c2c1.CC(C)(C)C(=O)c1ccc2nc(-c3ccc(O)cc3)[nH]c2c1. The van der Waals surface area contributed by atoms with Crippen LogP contribution in [0, 0.1) is 16.2 Å². The summed E-state index contributed by atoms with van der Waals surface area (Å²) >= 11 is 0. The first kappa shape index (κ1) is 67.9. The van der Waals surface area contributed by atoms with Crippen LogP contribution in [0.3, 0.4) is 0 Å². The molecule has 2 amide bonds. The molecule has 22 heteroatoms. The molecule has 0 saturated heterocycles. The number of phenolic OH excluding ortho intramolecular Hbond substituents is 1. The van der Waals surface area contributed by atoms with Crippen LogP contribution in [-0.4, -0.2) is 131 Å². The Balaban J connectivity index is 0.000000174. The number of anilines is 3. The standard InChI is InChI=1S/C29H36N6O6.C25H24N4O2.C18H18N2O2/c1-29(2,3)26(37)21-6-9-23-24(18-21)32-27(31-23)20-4-7-22(8-5-20)30-28(38)25-19-35(34-33-25)10-12-39-14-16-41-17-15-40-13-11-36;1-25(2,3)22(30)17-8-13-20-21(14-17)29-23(28-20)15-6-11-19(12-7-15)27-24(31)16-4-9-18(26)10-5-16;1-18(2,3)16(22)12-6-9-14-15(10-12)20-17(19-14)11-4-7-13(21)8-5-11/h4-9,18-19,36H,10-17H2,1-3H3,(H,30,38)(H,31,32);4-14H,26H2,1-3H3,(H,27,31)(H,28,29);4-10,21H,1-3H3,(H,19,20). The summed E-state index contributed by atoms with van der Waals surface area (Å²) in [4.78, 5) is 86.2. The largest absolute Gasteiger partial charge is 0.508 e. The quantitative estimate of drug-likeness (QED) is 0.0188. The Hall–Kier alpha value is -10.5.